The molecule has 8 nitrogen and oxygen atoms in total. The molecular weight excluding hydrogens is 468 g/mol. The van der Waals surface area contributed by atoms with E-state index in [9.17, 15) is 14.7 Å². The van der Waals surface area contributed by atoms with E-state index in [1.807, 2.05) is 61.5 Å². The zero-order valence-electron chi connectivity index (χ0n) is 20.5. The van der Waals surface area contributed by atoms with E-state index in [-0.39, 0.29) is 18.3 Å². The number of carbonyl (C=O) groups is 2. The molecule has 0 saturated heterocycles. The third-order valence-corrected chi connectivity index (χ3v) is 5.87. The fraction of sp³-hybridized carbons (Fsp3) is 0.172. The van der Waals surface area contributed by atoms with Gasteiger partial charge in [0.1, 0.15) is 0 Å². The molecule has 0 fully saturated rings. The lowest BCUT2D eigenvalue weighted by Gasteiger charge is -2.18. The highest BCUT2D eigenvalue weighted by Crippen LogP contribution is 2.25. The van der Waals surface area contributed by atoms with Crippen LogP contribution in [0.15, 0.2) is 95.6 Å². The number of benzene rings is 3. The Morgan fingerprint density at radius 2 is 1.54 bits per heavy atom. The fourth-order valence-corrected chi connectivity index (χ4v) is 3.86. The van der Waals surface area contributed by atoms with Crippen molar-refractivity contribution in [1.29, 1.82) is 0 Å². The Balaban J connectivity index is 1.48. The molecule has 0 aliphatic carbocycles. The molecule has 0 unspecified atom stereocenters. The van der Waals surface area contributed by atoms with Gasteiger partial charge in [-0.05, 0) is 54.4 Å². The van der Waals surface area contributed by atoms with Gasteiger partial charge in [-0.2, -0.15) is 0 Å². The SMILES string of the molecule is Cc1ccccc1NCCNc1ccc(C(=O)N[C@H](CO)c2ccccc2)cc1NC(=O)c1ccco1. The molecule has 1 atom stereocenters. The molecule has 37 heavy (non-hydrogen) atoms. The Morgan fingerprint density at radius 3 is 2.24 bits per heavy atom. The molecule has 5 N–H and O–H groups in total. The molecule has 0 aliphatic rings. The van der Waals surface area contributed by atoms with Crippen LogP contribution in [-0.2, 0) is 0 Å². The van der Waals surface area contributed by atoms with E-state index in [0.717, 1.165) is 16.8 Å². The highest BCUT2D eigenvalue weighted by molar-refractivity contribution is 6.05. The number of hydrogen-bond acceptors (Lipinski definition) is 6. The fourth-order valence-electron chi connectivity index (χ4n) is 3.86. The van der Waals surface area contributed by atoms with Crippen molar-refractivity contribution in [2.45, 2.75) is 13.0 Å². The van der Waals surface area contributed by atoms with Crippen LogP contribution < -0.4 is 21.3 Å². The number of nitrogens with one attached hydrogen (secondary N) is 4. The minimum absolute atomic E-state index is 0.159. The Morgan fingerprint density at radius 1 is 0.811 bits per heavy atom. The van der Waals surface area contributed by atoms with E-state index >= 15 is 0 Å². The second-order valence-corrected chi connectivity index (χ2v) is 8.48. The Kier molecular flexibility index (Phi) is 8.57. The van der Waals surface area contributed by atoms with Gasteiger partial charge in [-0.3, -0.25) is 9.59 Å². The van der Waals surface area contributed by atoms with Crippen LogP contribution in [-0.4, -0.2) is 36.6 Å². The first kappa shape index (κ1) is 25.5. The molecule has 1 aromatic heterocycles. The minimum Gasteiger partial charge on any atom is -0.459 e. The number of aliphatic hydroxyl groups is 1. The summed E-state index contributed by atoms with van der Waals surface area (Å²) in [4.78, 5) is 25.7. The molecule has 0 aliphatic heterocycles. The maximum absolute atomic E-state index is 13.0. The highest BCUT2D eigenvalue weighted by Gasteiger charge is 2.18. The maximum Gasteiger partial charge on any atom is 0.291 e. The summed E-state index contributed by atoms with van der Waals surface area (Å²) in [5, 5.41) is 22.2. The lowest BCUT2D eigenvalue weighted by molar-refractivity contribution is 0.0915. The molecule has 4 aromatic rings. The number of aliphatic hydroxyl groups excluding tert-OH is 1. The molecule has 8 heteroatoms. The van der Waals surface area contributed by atoms with E-state index in [1.54, 1.807) is 30.3 Å². The van der Waals surface area contributed by atoms with Crippen molar-refractivity contribution in [1.82, 2.24) is 5.32 Å². The van der Waals surface area contributed by atoms with Crippen LogP contribution in [0.5, 0.6) is 0 Å². The molecular formula is C29H30N4O4. The summed E-state index contributed by atoms with van der Waals surface area (Å²) in [5.41, 5.74) is 4.44. The van der Waals surface area contributed by atoms with Crippen LogP contribution >= 0.6 is 0 Å². The van der Waals surface area contributed by atoms with E-state index in [0.29, 0.717) is 30.0 Å². The molecule has 4 rings (SSSR count). The Labute approximate surface area is 215 Å². The number of rotatable bonds is 11. The Hall–Kier alpha value is -4.56. The van der Waals surface area contributed by atoms with Gasteiger partial charge in [0, 0.05) is 24.3 Å². The van der Waals surface area contributed by atoms with Gasteiger partial charge in [0.2, 0.25) is 0 Å². The van der Waals surface area contributed by atoms with Gasteiger partial charge in [0.05, 0.1) is 30.3 Å². The van der Waals surface area contributed by atoms with Gasteiger partial charge < -0.3 is 30.8 Å². The first-order valence-electron chi connectivity index (χ1n) is 12.0. The first-order chi connectivity index (χ1) is 18.0. The van der Waals surface area contributed by atoms with Crippen LogP contribution in [0.4, 0.5) is 17.1 Å². The van der Waals surface area contributed by atoms with Gasteiger partial charge in [-0.15, -0.1) is 0 Å². The summed E-state index contributed by atoms with van der Waals surface area (Å²) >= 11 is 0. The highest BCUT2D eigenvalue weighted by atomic mass is 16.3. The topological polar surface area (TPSA) is 116 Å². The average Bonchev–Trinajstić information content (AvgIpc) is 3.47. The summed E-state index contributed by atoms with van der Waals surface area (Å²) in [5.74, 6) is -0.642. The van der Waals surface area contributed by atoms with E-state index in [1.165, 1.54) is 6.26 Å². The van der Waals surface area contributed by atoms with E-state index in [2.05, 4.69) is 21.3 Å². The number of para-hydroxylation sites is 1. The molecule has 190 valence electrons. The zero-order valence-corrected chi connectivity index (χ0v) is 20.5. The summed E-state index contributed by atoms with van der Waals surface area (Å²) < 4.78 is 5.21. The van der Waals surface area contributed by atoms with Gasteiger partial charge >= 0.3 is 0 Å². The smallest absolute Gasteiger partial charge is 0.291 e. The monoisotopic (exact) mass is 498 g/mol. The molecule has 0 spiro atoms. The standard InChI is InChI=1S/C29H30N4O4/c1-20-8-5-6-11-23(20)30-15-16-31-24-14-13-22(18-25(24)32-29(36)27-12-7-17-37-27)28(35)33-26(19-34)21-9-3-2-4-10-21/h2-14,17-18,26,30-31,34H,15-16,19H2,1H3,(H,32,36)(H,33,35)/t26-/m1/s1. The van der Waals surface area contributed by atoms with Crippen LogP contribution in [0, 0.1) is 6.92 Å². The molecule has 1 heterocycles. The van der Waals surface area contributed by atoms with Crippen molar-refractivity contribution >= 4 is 28.9 Å². The third kappa shape index (κ3) is 6.77. The van der Waals surface area contributed by atoms with Crippen molar-refractivity contribution in [2.24, 2.45) is 0 Å². The molecule has 0 radical (unpaired) electrons. The first-order valence-corrected chi connectivity index (χ1v) is 12.0. The van der Waals surface area contributed by atoms with Crippen LogP contribution in [0.3, 0.4) is 0 Å². The van der Waals surface area contributed by atoms with E-state index < -0.39 is 11.9 Å². The van der Waals surface area contributed by atoms with Crippen LogP contribution in [0.1, 0.15) is 38.1 Å². The van der Waals surface area contributed by atoms with Crippen molar-refractivity contribution in [3.05, 3.63) is 114 Å². The quantitative estimate of drug-likeness (QED) is 0.189. The number of carbonyl (C=O) groups excluding carboxylic acids is 2. The summed E-state index contributed by atoms with van der Waals surface area (Å²) in [6, 6.07) is 25.0. The molecule has 0 bridgehead atoms. The van der Waals surface area contributed by atoms with Gasteiger partial charge in [0.15, 0.2) is 5.76 Å². The average molecular weight is 499 g/mol. The zero-order chi connectivity index (χ0) is 26.0. The molecule has 2 amide bonds. The number of aryl methyl sites for hydroxylation is 1. The van der Waals surface area contributed by atoms with Crippen molar-refractivity contribution in [3.8, 4) is 0 Å². The van der Waals surface area contributed by atoms with Gasteiger partial charge in [-0.25, -0.2) is 0 Å². The molecule has 0 saturated carbocycles. The van der Waals surface area contributed by atoms with Gasteiger partial charge in [-0.1, -0.05) is 48.5 Å². The number of hydrogen-bond donors (Lipinski definition) is 5. The largest absolute Gasteiger partial charge is 0.459 e. The minimum atomic E-state index is -0.555. The van der Waals surface area contributed by atoms with Crippen LogP contribution in [0.25, 0.3) is 0 Å². The molecule has 3 aromatic carbocycles. The number of anilines is 3. The predicted molar refractivity (Wildman–Crippen MR) is 145 cm³/mol. The van der Waals surface area contributed by atoms with Crippen molar-refractivity contribution in [2.75, 3.05) is 35.6 Å². The maximum atomic E-state index is 13.0. The summed E-state index contributed by atoms with van der Waals surface area (Å²) in [6.07, 6.45) is 1.42. The lowest BCUT2D eigenvalue weighted by atomic mass is 10.1. The van der Waals surface area contributed by atoms with Gasteiger partial charge in [0.25, 0.3) is 11.8 Å². The lowest BCUT2D eigenvalue weighted by Crippen LogP contribution is -2.31. The second-order valence-electron chi connectivity index (χ2n) is 8.48. The van der Waals surface area contributed by atoms with Crippen molar-refractivity contribution in [3.63, 3.8) is 0 Å². The normalized spacial score (nSPS) is 11.4. The predicted octanol–water partition coefficient (Wildman–Crippen LogP) is 4.83. The second kappa shape index (κ2) is 12.4. The summed E-state index contributed by atoms with van der Waals surface area (Å²) in [6.45, 7) is 3.02. The third-order valence-electron chi connectivity index (χ3n) is 5.87. The van der Waals surface area contributed by atoms with Crippen LogP contribution in [0.2, 0.25) is 0 Å². The van der Waals surface area contributed by atoms with E-state index in [4.69, 9.17) is 4.42 Å². The Bertz CT molecular complexity index is 1320. The number of furan rings is 1. The summed E-state index contributed by atoms with van der Waals surface area (Å²) in [7, 11) is 0. The number of amides is 2. The van der Waals surface area contributed by atoms with Crippen molar-refractivity contribution < 1.29 is 19.1 Å².